The molecule has 3 heterocycles. The molecule has 12 heteroatoms. The number of anilines is 1. The number of aromatic nitrogens is 1. The van der Waals surface area contributed by atoms with Gasteiger partial charge in [0.15, 0.2) is 11.5 Å². The molecule has 2 aromatic carbocycles. The number of carbonyl (C=O) groups is 1. The first kappa shape index (κ1) is 29.2. The minimum Gasteiger partial charge on any atom is -0.487 e. The maximum Gasteiger partial charge on any atom is 0.321 e. The van der Waals surface area contributed by atoms with Gasteiger partial charge in [-0.2, -0.15) is 4.31 Å². The molecule has 0 unspecified atom stereocenters. The highest BCUT2D eigenvalue weighted by Gasteiger charge is 2.38. The predicted molar refractivity (Wildman–Crippen MR) is 155 cm³/mol. The number of hydrogen-bond acceptors (Lipinski definition) is 8. The smallest absolute Gasteiger partial charge is 0.321 e. The number of rotatable bonds is 5. The molecule has 2 N–H and O–H groups in total. The van der Waals surface area contributed by atoms with Crippen molar-refractivity contribution in [3.05, 3.63) is 72.1 Å². The van der Waals surface area contributed by atoms with Gasteiger partial charge in [-0.25, -0.2) is 13.2 Å². The first-order valence-electron chi connectivity index (χ1n) is 13.4. The molecule has 5 rings (SSSR count). The fraction of sp³-hybridized carbons (Fsp3) is 0.333. The van der Waals surface area contributed by atoms with Gasteiger partial charge in [-0.15, -0.1) is 0 Å². The molecule has 11 nitrogen and oxygen atoms in total. The van der Waals surface area contributed by atoms with Crippen LogP contribution in [0.5, 0.6) is 17.2 Å². The number of benzene rings is 2. The van der Waals surface area contributed by atoms with Crippen molar-refractivity contribution in [3.63, 3.8) is 0 Å². The molecule has 3 atom stereocenters. The summed E-state index contributed by atoms with van der Waals surface area (Å²) in [4.78, 5) is 18.6. The third-order valence-electron chi connectivity index (χ3n) is 7.12. The number of pyridine rings is 1. The number of nitrogens with one attached hydrogen (secondary N) is 1. The fourth-order valence-corrected chi connectivity index (χ4v) is 6.47. The molecule has 0 saturated heterocycles. The van der Waals surface area contributed by atoms with Crippen LogP contribution in [-0.4, -0.2) is 79.4 Å². The van der Waals surface area contributed by atoms with E-state index in [0.717, 1.165) is 5.56 Å². The number of fused-ring (bicyclic) bond motifs is 2. The van der Waals surface area contributed by atoms with Crippen LogP contribution in [0, 0.1) is 17.8 Å². The molecule has 42 heavy (non-hydrogen) atoms. The Morgan fingerprint density at radius 3 is 2.60 bits per heavy atom. The van der Waals surface area contributed by atoms with Crippen LogP contribution in [0.1, 0.15) is 25.0 Å². The highest BCUT2D eigenvalue weighted by molar-refractivity contribution is 7.89. The van der Waals surface area contributed by atoms with Crippen LogP contribution in [-0.2, 0) is 10.0 Å². The SMILES string of the molecule is C[C@H]1CN([C@@H](C)CO)S(=O)(=O)c2ccc(C#Cc3ccncc3)cc2O[C@H]1CN(C)C(=O)Nc1ccc2c(c1)OCO2. The van der Waals surface area contributed by atoms with Gasteiger partial charge in [0, 0.05) is 60.8 Å². The first-order valence-corrected chi connectivity index (χ1v) is 14.9. The summed E-state index contributed by atoms with van der Waals surface area (Å²) in [5, 5.41) is 12.7. The second-order valence-electron chi connectivity index (χ2n) is 10.3. The second-order valence-corrected chi connectivity index (χ2v) is 12.1. The second kappa shape index (κ2) is 12.3. The van der Waals surface area contributed by atoms with Crippen LogP contribution in [0.25, 0.3) is 0 Å². The average Bonchev–Trinajstić information content (AvgIpc) is 3.46. The number of likely N-dealkylation sites (N-methyl/N-ethyl adjacent to an activating group) is 1. The van der Waals surface area contributed by atoms with E-state index in [9.17, 15) is 18.3 Å². The van der Waals surface area contributed by atoms with E-state index in [2.05, 4.69) is 22.1 Å². The van der Waals surface area contributed by atoms with E-state index < -0.39 is 22.2 Å². The minimum absolute atomic E-state index is 0.0263. The zero-order valence-electron chi connectivity index (χ0n) is 23.5. The summed E-state index contributed by atoms with van der Waals surface area (Å²) in [5.41, 5.74) is 1.86. The zero-order chi connectivity index (χ0) is 29.9. The topological polar surface area (TPSA) is 131 Å². The van der Waals surface area contributed by atoms with E-state index in [0.29, 0.717) is 22.7 Å². The molecule has 3 aromatic rings. The Kier molecular flexibility index (Phi) is 8.54. The minimum atomic E-state index is -4.01. The lowest BCUT2D eigenvalue weighted by Crippen LogP contribution is -2.50. The van der Waals surface area contributed by atoms with Crippen molar-refractivity contribution >= 4 is 21.7 Å². The molecule has 0 spiro atoms. The van der Waals surface area contributed by atoms with E-state index in [1.54, 1.807) is 68.8 Å². The Morgan fingerprint density at radius 1 is 1.10 bits per heavy atom. The summed E-state index contributed by atoms with van der Waals surface area (Å²) in [7, 11) is -2.37. The molecule has 0 bridgehead atoms. The largest absolute Gasteiger partial charge is 0.487 e. The quantitative estimate of drug-likeness (QED) is 0.432. The van der Waals surface area contributed by atoms with E-state index >= 15 is 0 Å². The van der Waals surface area contributed by atoms with Crippen LogP contribution in [0.15, 0.2) is 65.8 Å². The lowest BCUT2D eigenvalue weighted by molar-refractivity contribution is 0.0830. The summed E-state index contributed by atoms with van der Waals surface area (Å²) >= 11 is 0. The van der Waals surface area contributed by atoms with Gasteiger partial charge < -0.3 is 29.5 Å². The molecule has 220 valence electrons. The number of carbonyl (C=O) groups excluding carboxylic acids is 1. The Labute approximate surface area is 245 Å². The summed E-state index contributed by atoms with van der Waals surface area (Å²) in [6, 6.07) is 12.3. The molecule has 2 aliphatic heterocycles. The third-order valence-corrected chi connectivity index (χ3v) is 9.14. The summed E-state index contributed by atoms with van der Waals surface area (Å²) in [5.74, 6) is 7.04. The van der Waals surface area contributed by atoms with Crippen LogP contribution in [0.3, 0.4) is 0 Å². The molecule has 2 amide bonds. The lowest BCUT2D eigenvalue weighted by Gasteiger charge is -2.37. The van der Waals surface area contributed by atoms with Gasteiger partial charge in [-0.1, -0.05) is 18.8 Å². The van der Waals surface area contributed by atoms with Gasteiger partial charge in [0.1, 0.15) is 16.7 Å². The van der Waals surface area contributed by atoms with Gasteiger partial charge in [0.25, 0.3) is 0 Å². The molecule has 0 radical (unpaired) electrons. The van der Waals surface area contributed by atoms with E-state index in [4.69, 9.17) is 14.2 Å². The van der Waals surface area contributed by atoms with Crippen LogP contribution >= 0.6 is 0 Å². The Hall–Kier alpha value is -4.31. The normalized spacial score (nSPS) is 19.6. The average molecular weight is 593 g/mol. The Bertz CT molecular complexity index is 1620. The number of nitrogens with zero attached hydrogens (tertiary/aromatic N) is 3. The van der Waals surface area contributed by atoms with Crippen LogP contribution in [0.2, 0.25) is 0 Å². The maximum absolute atomic E-state index is 13.7. The number of ether oxygens (including phenoxy) is 3. The number of amides is 2. The predicted octanol–water partition coefficient (Wildman–Crippen LogP) is 3.14. The fourth-order valence-electron chi connectivity index (χ4n) is 4.65. The van der Waals surface area contributed by atoms with Gasteiger partial charge in [0.05, 0.1) is 13.2 Å². The van der Waals surface area contributed by atoms with E-state index in [-0.39, 0.29) is 49.1 Å². The highest BCUT2D eigenvalue weighted by Crippen LogP contribution is 2.35. The van der Waals surface area contributed by atoms with Crippen molar-refractivity contribution in [1.29, 1.82) is 0 Å². The van der Waals surface area contributed by atoms with Crippen LogP contribution in [0.4, 0.5) is 10.5 Å². The van der Waals surface area contributed by atoms with Crippen molar-refractivity contribution in [2.75, 3.05) is 38.9 Å². The van der Waals surface area contributed by atoms with Gasteiger partial charge in [-0.3, -0.25) is 4.98 Å². The molecule has 1 aromatic heterocycles. The molecular formula is C30H32N4O7S. The van der Waals surface area contributed by atoms with Crippen molar-refractivity contribution < 1.29 is 32.5 Å². The Balaban J connectivity index is 1.42. The number of sulfonamides is 1. The molecule has 2 aliphatic rings. The Morgan fingerprint density at radius 2 is 1.83 bits per heavy atom. The van der Waals surface area contributed by atoms with Crippen molar-refractivity contribution in [2.45, 2.75) is 30.9 Å². The number of urea groups is 1. The maximum atomic E-state index is 13.7. The molecular weight excluding hydrogens is 560 g/mol. The first-order chi connectivity index (χ1) is 20.2. The lowest BCUT2D eigenvalue weighted by atomic mass is 10.0. The monoisotopic (exact) mass is 592 g/mol. The van der Waals surface area contributed by atoms with Crippen molar-refractivity contribution in [2.24, 2.45) is 5.92 Å². The zero-order valence-corrected chi connectivity index (χ0v) is 24.3. The molecule has 0 aliphatic carbocycles. The number of aliphatic hydroxyl groups excluding tert-OH is 1. The summed E-state index contributed by atoms with van der Waals surface area (Å²) in [6.45, 7) is 3.55. The van der Waals surface area contributed by atoms with Crippen molar-refractivity contribution in [1.82, 2.24) is 14.2 Å². The third kappa shape index (κ3) is 6.28. The van der Waals surface area contributed by atoms with E-state index in [1.165, 1.54) is 15.3 Å². The number of hydrogen-bond donors (Lipinski definition) is 2. The summed E-state index contributed by atoms with van der Waals surface area (Å²) in [6.07, 6.45) is 2.70. The van der Waals surface area contributed by atoms with E-state index in [1.807, 2.05) is 6.92 Å². The standard InChI is InChI=1S/C30H32N4O7S/c1-20-16-34(21(2)18-35)42(37,38)29-9-6-23(5-4-22-10-12-31-13-11-22)14-27(29)41-28(20)17-33(3)30(36)32-24-7-8-25-26(15-24)40-19-39-25/h6-15,20-21,28,35H,16-19H2,1-3H3,(H,32,36)/t20-,21-,28-/m0/s1. The molecule has 0 fully saturated rings. The summed E-state index contributed by atoms with van der Waals surface area (Å²) < 4.78 is 45.8. The highest BCUT2D eigenvalue weighted by atomic mass is 32.2. The van der Waals surface area contributed by atoms with Crippen LogP contribution < -0.4 is 19.5 Å². The molecule has 0 saturated carbocycles. The van der Waals surface area contributed by atoms with Gasteiger partial charge in [0.2, 0.25) is 16.8 Å². The van der Waals surface area contributed by atoms with Gasteiger partial charge in [-0.05, 0) is 49.4 Å². The van der Waals surface area contributed by atoms with Gasteiger partial charge >= 0.3 is 6.03 Å². The number of aliphatic hydroxyl groups is 1. The van der Waals surface area contributed by atoms with Crippen molar-refractivity contribution in [3.8, 4) is 29.1 Å².